The van der Waals surface area contributed by atoms with Gasteiger partial charge in [-0.15, -0.1) is 0 Å². The van der Waals surface area contributed by atoms with Crippen molar-refractivity contribution in [3.63, 3.8) is 0 Å². The van der Waals surface area contributed by atoms with Gasteiger partial charge in [0, 0.05) is 6.92 Å². The van der Waals surface area contributed by atoms with Gasteiger partial charge in [-0.2, -0.15) is 0 Å². The van der Waals surface area contributed by atoms with Crippen LogP contribution in [0, 0.1) is 0 Å². The molecule has 0 bridgehead atoms. The molecule has 6 heteroatoms. The predicted molar refractivity (Wildman–Crippen MR) is 39.8 cm³/mol. The summed E-state index contributed by atoms with van der Waals surface area (Å²) in [5.74, 6) is -2.86. The first-order valence-corrected chi connectivity index (χ1v) is 3.62. The van der Waals surface area contributed by atoms with Crippen molar-refractivity contribution in [1.82, 2.24) is 0 Å². The monoisotopic (exact) mass is 198 g/mol. The number of ether oxygens (including phenoxy) is 3. The highest BCUT2D eigenvalue weighted by molar-refractivity contribution is 5.59. The van der Waals surface area contributed by atoms with Crippen molar-refractivity contribution in [3.05, 3.63) is 0 Å². The number of hydrogen-bond acceptors (Lipinski definition) is 4. The van der Waals surface area contributed by atoms with E-state index in [2.05, 4.69) is 14.2 Å². The molecule has 0 aliphatic carbocycles. The van der Waals surface area contributed by atoms with Crippen LogP contribution in [0.15, 0.2) is 0 Å². The fourth-order valence-electron chi connectivity index (χ4n) is 0.494. The van der Waals surface area contributed by atoms with Crippen LogP contribution in [-0.2, 0) is 14.2 Å². The predicted octanol–water partition coefficient (Wildman–Crippen LogP) is 1.44. The summed E-state index contributed by atoms with van der Waals surface area (Å²) in [7, 11) is 1.16. The van der Waals surface area contributed by atoms with Crippen molar-refractivity contribution in [2.75, 3.05) is 26.9 Å². The van der Waals surface area contributed by atoms with Gasteiger partial charge < -0.3 is 14.2 Å². The van der Waals surface area contributed by atoms with Gasteiger partial charge in [0.2, 0.25) is 0 Å². The van der Waals surface area contributed by atoms with E-state index >= 15 is 0 Å². The number of methoxy groups -OCH3 is 1. The second-order valence-electron chi connectivity index (χ2n) is 2.43. The quantitative estimate of drug-likeness (QED) is 0.495. The van der Waals surface area contributed by atoms with E-state index in [9.17, 15) is 13.6 Å². The molecule has 0 amide bonds. The summed E-state index contributed by atoms with van der Waals surface area (Å²) in [6, 6.07) is 0. The third-order valence-corrected chi connectivity index (χ3v) is 0.970. The highest BCUT2D eigenvalue weighted by Crippen LogP contribution is 2.10. The molecule has 0 heterocycles. The van der Waals surface area contributed by atoms with Crippen molar-refractivity contribution in [1.29, 1.82) is 0 Å². The average molecular weight is 198 g/mol. The molecule has 0 aromatic rings. The van der Waals surface area contributed by atoms with Crippen LogP contribution in [0.25, 0.3) is 0 Å². The van der Waals surface area contributed by atoms with Crippen LogP contribution < -0.4 is 0 Å². The van der Waals surface area contributed by atoms with E-state index in [0.29, 0.717) is 0 Å². The second-order valence-corrected chi connectivity index (χ2v) is 2.43. The Labute approximate surface area is 74.8 Å². The minimum absolute atomic E-state index is 0.0709. The number of hydrogen-bond donors (Lipinski definition) is 0. The first-order chi connectivity index (χ1) is 5.95. The molecular weight excluding hydrogens is 186 g/mol. The average Bonchev–Trinajstić information content (AvgIpc) is 2.01. The summed E-state index contributed by atoms with van der Waals surface area (Å²) >= 11 is 0. The van der Waals surface area contributed by atoms with Crippen LogP contribution in [0.5, 0.6) is 0 Å². The standard InChI is InChI=1S/C7H12F2O4/c1-7(8,9)5-12-3-4-13-6(10)11-2/h3-5H2,1-2H3. The first-order valence-electron chi connectivity index (χ1n) is 3.62. The molecule has 0 aromatic carbocycles. The zero-order valence-electron chi connectivity index (χ0n) is 7.51. The summed E-state index contributed by atoms with van der Waals surface area (Å²) in [5.41, 5.74) is 0. The molecule has 0 fully saturated rings. The fraction of sp³-hybridized carbons (Fsp3) is 0.857. The second kappa shape index (κ2) is 5.69. The topological polar surface area (TPSA) is 44.8 Å². The summed E-state index contributed by atoms with van der Waals surface area (Å²) < 4.78 is 37.3. The van der Waals surface area contributed by atoms with E-state index in [1.807, 2.05) is 0 Å². The van der Waals surface area contributed by atoms with Crippen LogP contribution in [0.1, 0.15) is 6.92 Å². The van der Waals surface area contributed by atoms with Gasteiger partial charge in [-0.05, 0) is 0 Å². The molecule has 0 radical (unpaired) electrons. The lowest BCUT2D eigenvalue weighted by Gasteiger charge is -2.10. The van der Waals surface area contributed by atoms with Gasteiger partial charge in [0.15, 0.2) is 0 Å². The van der Waals surface area contributed by atoms with E-state index < -0.39 is 18.7 Å². The third-order valence-electron chi connectivity index (χ3n) is 0.970. The van der Waals surface area contributed by atoms with Gasteiger partial charge >= 0.3 is 6.16 Å². The van der Waals surface area contributed by atoms with Gasteiger partial charge in [0.25, 0.3) is 5.92 Å². The van der Waals surface area contributed by atoms with Crippen molar-refractivity contribution in [2.45, 2.75) is 12.8 Å². The van der Waals surface area contributed by atoms with Crippen molar-refractivity contribution >= 4 is 6.16 Å². The highest BCUT2D eigenvalue weighted by Gasteiger charge is 2.20. The summed E-state index contributed by atoms with van der Waals surface area (Å²) in [5, 5.41) is 0. The third kappa shape index (κ3) is 9.00. The van der Waals surface area contributed by atoms with E-state index in [-0.39, 0.29) is 13.2 Å². The molecule has 0 atom stereocenters. The van der Waals surface area contributed by atoms with Crippen LogP contribution in [0.2, 0.25) is 0 Å². The number of carbonyl (C=O) groups is 1. The Morgan fingerprint density at radius 1 is 1.38 bits per heavy atom. The van der Waals surface area contributed by atoms with Crippen LogP contribution in [-0.4, -0.2) is 39.0 Å². The van der Waals surface area contributed by atoms with Crippen LogP contribution in [0.3, 0.4) is 0 Å². The molecule has 0 rings (SSSR count). The zero-order valence-corrected chi connectivity index (χ0v) is 7.51. The normalized spacial score (nSPS) is 11.1. The molecule has 0 aromatic heterocycles. The van der Waals surface area contributed by atoms with E-state index in [1.54, 1.807) is 0 Å². The molecule has 0 saturated carbocycles. The first kappa shape index (κ1) is 12.1. The SMILES string of the molecule is COC(=O)OCCOCC(C)(F)F. The van der Waals surface area contributed by atoms with Crippen molar-refractivity contribution < 1.29 is 27.8 Å². The van der Waals surface area contributed by atoms with E-state index in [0.717, 1.165) is 14.0 Å². The fourth-order valence-corrected chi connectivity index (χ4v) is 0.494. The minimum atomic E-state index is -2.86. The van der Waals surface area contributed by atoms with Gasteiger partial charge in [-0.3, -0.25) is 0 Å². The van der Waals surface area contributed by atoms with Gasteiger partial charge in [-0.1, -0.05) is 0 Å². The van der Waals surface area contributed by atoms with Crippen molar-refractivity contribution in [2.24, 2.45) is 0 Å². The molecule has 0 aliphatic rings. The molecule has 4 nitrogen and oxygen atoms in total. The summed E-state index contributed by atoms with van der Waals surface area (Å²) in [6.45, 7) is -0.104. The van der Waals surface area contributed by atoms with E-state index in [4.69, 9.17) is 0 Å². The zero-order chi connectivity index (χ0) is 10.3. The molecule has 0 aliphatic heterocycles. The van der Waals surface area contributed by atoms with E-state index in [1.165, 1.54) is 0 Å². The lowest BCUT2D eigenvalue weighted by Crippen LogP contribution is -2.21. The van der Waals surface area contributed by atoms with Crippen LogP contribution in [0.4, 0.5) is 13.6 Å². The number of halogens is 2. The van der Waals surface area contributed by atoms with Crippen molar-refractivity contribution in [3.8, 4) is 0 Å². The Bertz CT molecular complexity index is 155. The Kier molecular flexibility index (Phi) is 5.29. The molecule has 0 N–H and O–H groups in total. The maximum Gasteiger partial charge on any atom is 0.508 e. The highest BCUT2D eigenvalue weighted by atomic mass is 19.3. The lowest BCUT2D eigenvalue weighted by molar-refractivity contribution is -0.0700. The van der Waals surface area contributed by atoms with Crippen LogP contribution >= 0.6 is 0 Å². The molecule has 13 heavy (non-hydrogen) atoms. The van der Waals surface area contributed by atoms with Gasteiger partial charge in [-0.25, -0.2) is 13.6 Å². The number of alkyl halides is 2. The summed E-state index contributed by atoms with van der Waals surface area (Å²) in [6.07, 6.45) is -0.855. The molecule has 0 saturated heterocycles. The largest absolute Gasteiger partial charge is 0.508 e. The number of rotatable bonds is 5. The Morgan fingerprint density at radius 2 is 2.00 bits per heavy atom. The minimum Gasteiger partial charge on any atom is -0.438 e. The maximum atomic E-state index is 12.1. The molecule has 0 spiro atoms. The smallest absolute Gasteiger partial charge is 0.438 e. The van der Waals surface area contributed by atoms with Gasteiger partial charge in [0.05, 0.1) is 13.7 Å². The Morgan fingerprint density at radius 3 is 2.46 bits per heavy atom. The molecule has 0 unspecified atom stereocenters. The summed E-state index contributed by atoms with van der Waals surface area (Å²) in [4.78, 5) is 10.3. The molecular formula is C7H12F2O4. The Balaban J connectivity index is 3.22. The maximum absolute atomic E-state index is 12.1. The van der Waals surface area contributed by atoms with Gasteiger partial charge in [0.1, 0.15) is 13.2 Å². The Hall–Kier alpha value is -0.910. The molecule has 78 valence electrons. The lowest BCUT2D eigenvalue weighted by atomic mass is 10.4. The number of carbonyl (C=O) groups excluding carboxylic acids is 1.